The first kappa shape index (κ1) is 27.4. The fraction of sp³-hybridized carbons (Fsp3) is 0.250. The van der Waals surface area contributed by atoms with Crippen molar-refractivity contribution >= 4 is 28.9 Å². The van der Waals surface area contributed by atoms with Gasteiger partial charge in [0.05, 0.1) is 22.6 Å². The molecule has 10 nitrogen and oxygen atoms in total. The Balaban J connectivity index is 1.32. The van der Waals surface area contributed by atoms with E-state index in [-0.39, 0.29) is 12.5 Å². The lowest BCUT2D eigenvalue weighted by molar-refractivity contribution is -0.139. The van der Waals surface area contributed by atoms with Gasteiger partial charge in [-0.25, -0.2) is 0 Å². The number of aliphatic hydroxyl groups is 2. The van der Waals surface area contributed by atoms with Gasteiger partial charge in [-0.3, -0.25) is 19.2 Å². The lowest BCUT2D eigenvalue weighted by atomic mass is 9.82. The van der Waals surface area contributed by atoms with E-state index < -0.39 is 17.4 Å². The van der Waals surface area contributed by atoms with Gasteiger partial charge in [-0.15, -0.1) is 5.10 Å². The smallest absolute Gasteiger partial charge is 0.266 e. The van der Waals surface area contributed by atoms with E-state index in [0.29, 0.717) is 59.1 Å². The number of rotatable bonds is 8. The molecule has 0 bridgehead atoms. The summed E-state index contributed by atoms with van der Waals surface area (Å²) in [5.41, 5.74) is 1.37. The number of aryl methyl sites for hydroxylation is 1. The minimum absolute atomic E-state index is 0.0137. The van der Waals surface area contributed by atoms with Crippen molar-refractivity contribution in [3.63, 3.8) is 0 Å². The highest BCUT2D eigenvalue weighted by atomic mass is 16.5. The van der Waals surface area contributed by atoms with Crippen LogP contribution < -0.4 is 14.5 Å². The van der Waals surface area contributed by atoms with Crippen LogP contribution in [0.2, 0.25) is 0 Å². The maximum atomic E-state index is 13.9. The van der Waals surface area contributed by atoms with Gasteiger partial charge >= 0.3 is 0 Å². The molecule has 214 valence electrons. The Bertz CT molecular complexity index is 1700. The van der Waals surface area contributed by atoms with Crippen LogP contribution >= 0.6 is 0 Å². The summed E-state index contributed by atoms with van der Waals surface area (Å²) in [6.07, 6.45) is 6.59. The van der Waals surface area contributed by atoms with Crippen molar-refractivity contribution in [2.45, 2.75) is 31.9 Å². The predicted octanol–water partition coefficient (Wildman–Crippen LogP) is 4.34. The molecule has 0 aliphatic carbocycles. The fourth-order valence-electron chi connectivity index (χ4n) is 5.57. The van der Waals surface area contributed by atoms with Crippen molar-refractivity contribution < 1.29 is 24.5 Å². The maximum absolute atomic E-state index is 13.9. The summed E-state index contributed by atoms with van der Waals surface area (Å²) in [4.78, 5) is 30.5. The first-order valence-corrected chi connectivity index (χ1v) is 13.8. The summed E-state index contributed by atoms with van der Waals surface area (Å²) < 4.78 is 7.82. The molecular weight excluding hydrogens is 534 g/mol. The molecule has 2 N–H and O–H groups in total. The van der Waals surface area contributed by atoms with Gasteiger partial charge in [-0.05, 0) is 48.9 Å². The molecule has 3 aromatic carbocycles. The molecule has 1 aromatic heterocycles. The number of carbonyl (C=O) groups is 2. The van der Waals surface area contributed by atoms with Gasteiger partial charge in [0, 0.05) is 50.0 Å². The standard InChI is InChI=1S/C32H31N5O5/c1-21(9-7-8-17-36-20-22(16-18-38)33-34-36)32(41)25-19-23(14-15-26(25)35(2)31(32)40)37-27-11-4-6-13-29(27)42-28-12-5-3-10-24(28)30(37)39/h3-7,9-15,19-21,38,41H,8,16-18H2,1-2H3/b9-7+/t21-,32+/m0/s1. The van der Waals surface area contributed by atoms with Crippen LogP contribution in [0.3, 0.4) is 0 Å². The third-order valence-corrected chi connectivity index (χ3v) is 7.85. The molecule has 0 spiro atoms. The van der Waals surface area contributed by atoms with Gasteiger partial charge in [0.25, 0.3) is 11.8 Å². The SMILES string of the molecule is C[C@@H](/C=C/CCn1cc(CCO)nn1)[C@]1(O)C(=O)N(C)c2ccc(N3C(=O)c4ccccc4Oc4ccccc43)cc21. The second-order valence-electron chi connectivity index (χ2n) is 10.5. The fourth-order valence-corrected chi connectivity index (χ4v) is 5.57. The zero-order valence-corrected chi connectivity index (χ0v) is 23.3. The third-order valence-electron chi connectivity index (χ3n) is 7.85. The van der Waals surface area contributed by atoms with Crippen molar-refractivity contribution in [3.8, 4) is 11.5 Å². The first-order valence-electron chi connectivity index (χ1n) is 13.8. The molecular formula is C32H31N5O5. The molecule has 2 atom stereocenters. The van der Waals surface area contributed by atoms with Crippen LogP contribution in [0.15, 0.2) is 85.1 Å². The van der Waals surface area contributed by atoms with Crippen molar-refractivity contribution in [1.82, 2.24) is 15.0 Å². The lowest BCUT2D eigenvalue weighted by Crippen LogP contribution is -2.43. The second kappa shape index (κ2) is 10.9. The lowest BCUT2D eigenvalue weighted by Gasteiger charge is -2.28. The molecule has 2 aliphatic rings. The van der Waals surface area contributed by atoms with E-state index in [1.54, 1.807) is 72.2 Å². The number of ether oxygens (including phenoxy) is 1. The second-order valence-corrected chi connectivity index (χ2v) is 10.5. The van der Waals surface area contributed by atoms with Crippen LogP contribution in [-0.4, -0.2) is 50.7 Å². The average Bonchev–Trinajstić information content (AvgIpc) is 3.49. The van der Waals surface area contributed by atoms with E-state index in [9.17, 15) is 14.7 Å². The number of anilines is 3. The average molecular weight is 566 g/mol. The number of likely N-dealkylation sites (N-methyl/N-ethyl adjacent to an activating group) is 1. The van der Waals surface area contributed by atoms with Crippen molar-refractivity contribution in [2.75, 3.05) is 23.5 Å². The Morgan fingerprint density at radius 1 is 1.02 bits per heavy atom. The molecule has 2 amide bonds. The topological polar surface area (TPSA) is 121 Å². The molecule has 3 heterocycles. The Hall–Kier alpha value is -4.80. The summed E-state index contributed by atoms with van der Waals surface area (Å²) in [6.45, 7) is 2.38. The number of benzene rings is 3. The summed E-state index contributed by atoms with van der Waals surface area (Å²) in [7, 11) is 1.64. The molecule has 6 rings (SSSR count). The van der Waals surface area contributed by atoms with Crippen molar-refractivity contribution in [1.29, 1.82) is 0 Å². The van der Waals surface area contributed by atoms with Gasteiger partial charge in [-0.2, -0.15) is 0 Å². The monoisotopic (exact) mass is 565 g/mol. The molecule has 10 heteroatoms. The van der Waals surface area contributed by atoms with E-state index in [0.717, 1.165) is 5.69 Å². The number of hydrogen-bond donors (Lipinski definition) is 2. The normalized spacial score (nSPS) is 18.5. The Morgan fingerprint density at radius 2 is 1.79 bits per heavy atom. The van der Waals surface area contributed by atoms with E-state index in [1.165, 1.54) is 4.90 Å². The van der Waals surface area contributed by atoms with Gasteiger partial charge < -0.3 is 19.8 Å². The van der Waals surface area contributed by atoms with Crippen molar-refractivity contribution in [3.05, 3.63) is 102 Å². The van der Waals surface area contributed by atoms with Crippen LogP contribution in [0.5, 0.6) is 11.5 Å². The summed E-state index contributed by atoms with van der Waals surface area (Å²) in [5, 5.41) is 29.2. The van der Waals surface area contributed by atoms with E-state index >= 15 is 0 Å². The maximum Gasteiger partial charge on any atom is 0.266 e. The van der Waals surface area contributed by atoms with E-state index in [2.05, 4.69) is 10.3 Å². The van der Waals surface area contributed by atoms with Gasteiger partial charge in [0.15, 0.2) is 11.4 Å². The minimum atomic E-state index is -1.83. The largest absolute Gasteiger partial charge is 0.454 e. The van der Waals surface area contributed by atoms with Crippen LogP contribution in [-0.2, 0) is 23.4 Å². The molecule has 4 aromatic rings. The number of para-hydroxylation sites is 3. The molecule has 0 saturated carbocycles. The predicted molar refractivity (Wildman–Crippen MR) is 157 cm³/mol. The number of hydrogen-bond acceptors (Lipinski definition) is 7. The zero-order valence-electron chi connectivity index (χ0n) is 23.3. The highest BCUT2D eigenvalue weighted by Crippen LogP contribution is 2.48. The molecule has 0 radical (unpaired) electrons. The number of fused-ring (bicyclic) bond motifs is 3. The van der Waals surface area contributed by atoms with Crippen LogP contribution in [0.1, 0.15) is 35.0 Å². The highest BCUT2D eigenvalue weighted by Gasteiger charge is 2.51. The van der Waals surface area contributed by atoms with Crippen LogP contribution in [0, 0.1) is 5.92 Å². The Morgan fingerprint density at radius 3 is 2.60 bits per heavy atom. The number of aliphatic hydroxyl groups excluding tert-OH is 1. The number of allylic oxidation sites excluding steroid dienone is 1. The molecule has 0 saturated heterocycles. The number of aromatic nitrogens is 3. The zero-order chi connectivity index (χ0) is 29.4. The Kier molecular flexibility index (Phi) is 7.09. The molecule has 2 aliphatic heterocycles. The number of carbonyl (C=O) groups excluding carboxylic acids is 2. The van der Waals surface area contributed by atoms with Gasteiger partial charge in [0.2, 0.25) is 0 Å². The summed E-state index contributed by atoms with van der Waals surface area (Å²) in [6, 6.07) is 19.6. The Labute approximate surface area is 243 Å². The molecule has 0 unspecified atom stereocenters. The number of nitrogens with zero attached hydrogens (tertiary/aromatic N) is 5. The highest BCUT2D eigenvalue weighted by molar-refractivity contribution is 6.15. The third kappa shape index (κ3) is 4.54. The number of amides is 2. The van der Waals surface area contributed by atoms with Crippen molar-refractivity contribution in [2.24, 2.45) is 5.92 Å². The van der Waals surface area contributed by atoms with E-state index in [4.69, 9.17) is 9.84 Å². The summed E-state index contributed by atoms with van der Waals surface area (Å²) in [5.74, 6) is -0.306. The van der Waals surface area contributed by atoms with E-state index in [1.807, 2.05) is 36.4 Å². The molecule has 0 fully saturated rings. The quantitative estimate of drug-likeness (QED) is 0.305. The molecule has 42 heavy (non-hydrogen) atoms. The first-order chi connectivity index (χ1) is 20.3. The van der Waals surface area contributed by atoms with Crippen LogP contribution in [0.25, 0.3) is 0 Å². The van der Waals surface area contributed by atoms with Crippen LogP contribution in [0.4, 0.5) is 17.1 Å². The van der Waals surface area contributed by atoms with Gasteiger partial charge in [-0.1, -0.05) is 48.6 Å². The van der Waals surface area contributed by atoms with Gasteiger partial charge in [0.1, 0.15) is 5.75 Å². The summed E-state index contributed by atoms with van der Waals surface area (Å²) >= 11 is 0. The minimum Gasteiger partial charge on any atom is -0.454 e.